The third kappa shape index (κ3) is 1.50. The smallest absolute Gasteiger partial charge is 0.160 e. The maximum Gasteiger partial charge on any atom is 0.160 e. The van der Waals surface area contributed by atoms with Crippen LogP contribution in [0.25, 0.3) is 0 Å². The number of carbonyl (C=O) groups is 1. The van der Waals surface area contributed by atoms with Gasteiger partial charge in [0.1, 0.15) is 5.75 Å². The van der Waals surface area contributed by atoms with Gasteiger partial charge in [0.15, 0.2) is 5.78 Å². The molecule has 0 spiro atoms. The van der Waals surface area contributed by atoms with Gasteiger partial charge in [0, 0.05) is 5.56 Å². The highest BCUT2D eigenvalue weighted by molar-refractivity contribution is 6.33. The topological polar surface area (TPSA) is 37.3 Å². The number of phenolic OH excluding ortho intramolecular Hbond substituents is 1. The van der Waals surface area contributed by atoms with Gasteiger partial charge in [-0.2, -0.15) is 0 Å². The van der Waals surface area contributed by atoms with Crippen LogP contribution >= 0.6 is 11.6 Å². The molecule has 1 aromatic rings. The van der Waals surface area contributed by atoms with E-state index in [4.69, 9.17) is 11.6 Å². The highest BCUT2D eigenvalue weighted by atomic mass is 35.5. The summed E-state index contributed by atoms with van der Waals surface area (Å²) >= 11 is 5.90. The average molecular weight is 213 g/mol. The number of hydrogen-bond donors (Lipinski definition) is 1. The van der Waals surface area contributed by atoms with E-state index in [9.17, 15) is 9.90 Å². The zero-order valence-electron chi connectivity index (χ0n) is 8.73. The monoisotopic (exact) mass is 212 g/mol. The summed E-state index contributed by atoms with van der Waals surface area (Å²) in [7, 11) is 0. The normalized spacial score (nSPS) is 10.4. The summed E-state index contributed by atoms with van der Waals surface area (Å²) < 4.78 is 0. The Balaban J connectivity index is 3.68. The second-order valence-electron chi connectivity index (χ2n) is 3.47. The second kappa shape index (κ2) is 3.62. The summed E-state index contributed by atoms with van der Waals surface area (Å²) in [6.07, 6.45) is 0. The highest BCUT2D eigenvalue weighted by Gasteiger charge is 2.17. The molecule has 14 heavy (non-hydrogen) atoms. The third-order valence-electron chi connectivity index (χ3n) is 2.56. The van der Waals surface area contributed by atoms with E-state index in [1.54, 1.807) is 13.8 Å². The fourth-order valence-corrected chi connectivity index (χ4v) is 1.86. The molecule has 3 heteroatoms. The van der Waals surface area contributed by atoms with E-state index >= 15 is 0 Å². The first-order valence-corrected chi connectivity index (χ1v) is 4.74. The van der Waals surface area contributed by atoms with E-state index in [1.165, 1.54) is 6.92 Å². The number of benzene rings is 1. The Hall–Kier alpha value is -1.02. The Labute approximate surface area is 88.5 Å². The van der Waals surface area contributed by atoms with Gasteiger partial charge in [-0.15, -0.1) is 0 Å². The van der Waals surface area contributed by atoms with Crippen molar-refractivity contribution in [3.05, 3.63) is 27.3 Å². The quantitative estimate of drug-likeness (QED) is 0.726. The van der Waals surface area contributed by atoms with Crippen LogP contribution in [0.15, 0.2) is 0 Å². The second-order valence-corrected chi connectivity index (χ2v) is 3.85. The molecular formula is C11H13ClO2. The zero-order valence-corrected chi connectivity index (χ0v) is 9.49. The lowest BCUT2D eigenvalue weighted by Crippen LogP contribution is -2.03. The number of phenols is 1. The molecule has 0 radical (unpaired) electrons. The van der Waals surface area contributed by atoms with Crippen LogP contribution in [0, 0.1) is 20.8 Å². The van der Waals surface area contributed by atoms with Crippen LogP contribution in [-0.4, -0.2) is 10.9 Å². The van der Waals surface area contributed by atoms with E-state index in [1.807, 2.05) is 6.92 Å². The van der Waals surface area contributed by atoms with Crippen LogP contribution in [0.3, 0.4) is 0 Å². The molecule has 0 aliphatic rings. The Morgan fingerprint density at radius 3 is 2.07 bits per heavy atom. The molecule has 1 N–H and O–H groups in total. The molecule has 0 saturated heterocycles. The molecule has 0 aliphatic heterocycles. The van der Waals surface area contributed by atoms with Crippen LogP contribution in [0.2, 0.25) is 5.02 Å². The summed E-state index contributed by atoms with van der Waals surface area (Å²) in [5, 5.41) is 9.91. The largest absolute Gasteiger partial charge is 0.506 e. The SMILES string of the molecule is CC(=O)c1c(C)c(C)c(O)c(Cl)c1C. The zero-order chi connectivity index (χ0) is 11.0. The molecule has 0 aliphatic carbocycles. The van der Waals surface area contributed by atoms with E-state index < -0.39 is 0 Å². The van der Waals surface area contributed by atoms with Gasteiger partial charge in [0.25, 0.3) is 0 Å². The van der Waals surface area contributed by atoms with Crippen LogP contribution in [0.4, 0.5) is 0 Å². The summed E-state index contributed by atoms with van der Waals surface area (Å²) in [4.78, 5) is 11.4. The molecule has 0 aromatic heterocycles. The maximum absolute atomic E-state index is 11.4. The molecule has 0 amide bonds. The third-order valence-corrected chi connectivity index (χ3v) is 3.02. The predicted molar refractivity (Wildman–Crippen MR) is 57.3 cm³/mol. The van der Waals surface area contributed by atoms with Crippen molar-refractivity contribution >= 4 is 17.4 Å². The lowest BCUT2D eigenvalue weighted by atomic mass is 9.95. The minimum absolute atomic E-state index is 0.0231. The highest BCUT2D eigenvalue weighted by Crippen LogP contribution is 2.35. The van der Waals surface area contributed by atoms with Crippen LogP contribution in [-0.2, 0) is 0 Å². The number of rotatable bonds is 1. The van der Waals surface area contributed by atoms with Gasteiger partial charge >= 0.3 is 0 Å². The number of carbonyl (C=O) groups excluding carboxylic acids is 1. The molecule has 1 aromatic carbocycles. The Morgan fingerprint density at radius 1 is 1.14 bits per heavy atom. The van der Waals surface area contributed by atoms with Crippen molar-refractivity contribution in [3.8, 4) is 5.75 Å². The Bertz CT molecular complexity index is 379. The van der Waals surface area contributed by atoms with Crippen molar-refractivity contribution in [2.45, 2.75) is 27.7 Å². The van der Waals surface area contributed by atoms with Gasteiger partial charge in [0.05, 0.1) is 5.02 Å². The van der Waals surface area contributed by atoms with E-state index in [0.29, 0.717) is 16.7 Å². The van der Waals surface area contributed by atoms with E-state index in [-0.39, 0.29) is 16.6 Å². The van der Waals surface area contributed by atoms with E-state index in [0.717, 1.165) is 5.56 Å². The lowest BCUT2D eigenvalue weighted by Gasteiger charge is -2.13. The van der Waals surface area contributed by atoms with Crippen LogP contribution < -0.4 is 0 Å². The Kier molecular flexibility index (Phi) is 2.86. The standard InChI is InChI=1S/C11H13ClO2/c1-5-6(2)11(14)10(12)7(3)9(5)8(4)13/h14H,1-4H3. The first-order valence-electron chi connectivity index (χ1n) is 4.37. The van der Waals surface area contributed by atoms with Gasteiger partial charge in [-0.25, -0.2) is 0 Å². The fraction of sp³-hybridized carbons (Fsp3) is 0.364. The maximum atomic E-state index is 11.4. The molecule has 2 nitrogen and oxygen atoms in total. The minimum Gasteiger partial charge on any atom is -0.506 e. The van der Waals surface area contributed by atoms with Crippen molar-refractivity contribution in [2.75, 3.05) is 0 Å². The molecule has 0 heterocycles. The first kappa shape index (κ1) is 11.1. The van der Waals surface area contributed by atoms with Gasteiger partial charge in [-0.1, -0.05) is 11.6 Å². The lowest BCUT2D eigenvalue weighted by molar-refractivity contribution is 0.101. The average Bonchev–Trinajstić information content (AvgIpc) is 2.11. The molecule has 1 rings (SSSR count). The summed E-state index contributed by atoms with van der Waals surface area (Å²) in [6, 6.07) is 0. The molecule has 0 saturated carbocycles. The number of aromatic hydroxyl groups is 1. The number of hydrogen-bond acceptors (Lipinski definition) is 2. The number of ketones is 1. The van der Waals surface area contributed by atoms with Crippen molar-refractivity contribution in [2.24, 2.45) is 0 Å². The van der Waals surface area contributed by atoms with Crippen molar-refractivity contribution in [1.82, 2.24) is 0 Å². The molecule has 76 valence electrons. The van der Waals surface area contributed by atoms with Gasteiger partial charge in [-0.3, -0.25) is 4.79 Å². The minimum atomic E-state index is -0.0231. The molecule has 0 bridgehead atoms. The van der Waals surface area contributed by atoms with Gasteiger partial charge < -0.3 is 5.11 Å². The molecule has 0 atom stereocenters. The number of halogens is 1. The first-order chi connectivity index (χ1) is 6.37. The van der Waals surface area contributed by atoms with Crippen LogP contribution in [0.5, 0.6) is 5.75 Å². The molecule has 0 unspecified atom stereocenters. The van der Waals surface area contributed by atoms with Crippen molar-refractivity contribution in [1.29, 1.82) is 0 Å². The van der Waals surface area contributed by atoms with Gasteiger partial charge in [0.2, 0.25) is 0 Å². The summed E-state index contributed by atoms with van der Waals surface area (Å²) in [5.41, 5.74) is 2.74. The van der Waals surface area contributed by atoms with Gasteiger partial charge in [-0.05, 0) is 44.4 Å². The predicted octanol–water partition coefficient (Wildman–Crippen LogP) is 3.17. The summed E-state index contributed by atoms with van der Waals surface area (Å²) in [5.74, 6) is 0.0525. The summed E-state index contributed by atoms with van der Waals surface area (Å²) in [6.45, 7) is 6.81. The van der Waals surface area contributed by atoms with Crippen LogP contribution in [0.1, 0.15) is 34.0 Å². The van der Waals surface area contributed by atoms with Crippen molar-refractivity contribution in [3.63, 3.8) is 0 Å². The van der Waals surface area contributed by atoms with Crippen molar-refractivity contribution < 1.29 is 9.90 Å². The Morgan fingerprint density at radius 2 is 1.64 bits per heavy atom. The van der Waals surface area contributed by atoms with E-state index in [2.05, 4.69) is 0 Å². The molecule has 0 fully saturated rings. The fourth-order valence-electron chi connectivity index (χ4n) is 1.63. The molecular weight excluding hydrogens is 200 g/mol. The number of Topliss-reactive ketones (excluding diaryl/α,β-unsaturated/α-hetero) is 1.